The van der Waals surface area contributed by atoms with E-state index in [1.807, 2.05) is 22.9 Å². The van der Waals surface area contributed by atoms with Gasteiger partial charge in [-0.15, -0.1) is 0 Å². The summed E-state index contributed by atoms with van der Waals surface area (Å²) in [5.74, 6) is 1.30. The summed E-state index contributed by atoms with van der Waals surface area (Å²) in [6.07, 6.45) is 5.45. The molecule has 1 unspecified atom stereocenters. The molecule has 4 aromatic rings. The third kappa shape index (κ3) is 2.71. The Morgan fingerprint density at radius 2 is 2.20 bits per heavy atom. The second-order valence-corrected chi connectivity index (χ2v) is 8.06. The van der Waals surface area contributed by atoms with Crippen LogP contribution >= 0.6 is 11.6 Å². The minimum Gasteiger partial charge on any atom is -0.381 e. The van der Waals surface area contributed by atoms with Crippen LogP contribution in [0.25, 0.3) is 28.5 Å². The lowest BCUT2D eigenvalue weighted by Crippen LogP contribution is -2.01. The van der Waals surface area contributed by atoms with Gasteiger partial charge in [0.15, 0.2) is 11.5 Å². The summed E-state index contributed by atoms with van der Waals surface area (Å²) in [7, 11) is 0. The van der Waals surface area contributed by atoms with Crippen LogP contribution in [0.15, 0.2) is 35.2 Å². The molecule has 1 fully saturated rings. The van der Waals surface area contributed by atoms with Gasteiger partial charge in [-0.25, -0.2) is 4.98 Å². The van der Waals surface area contributed by atoms with Crippen molar-refractivity contribution in [2.45, 2.75) is 32.2 Å². The highest BCUT2D eigenvalue weighted by atomic mass is 35.5. The Morgan fingerprint density at radius 3 is 3.03 bits per heavy atom. The molecular weight excluding hydrogens is 404 g/mol. The van der Waals surface area contributed by atoms with E-state index in [1.54, 1.807) is 6.33 Å². The van der Waals surface area contributed by atoms with E-state index in [2.05, 4.69) is 32.8 Å². The van der Waals surface area contributed by atoms with Gasteiger partial charge in [0, 0.05) is 47.8 Å². The lowest BCUT2D eigenvalue weighted by molar-refractivity contribution is 0.192. The first-order valence-electron chi connectivity index (χ1n) is 10.1. The maximum absolute atomic E-state index is 6.33. The van der Waals surface area contributed by atoms with E-state index in [1.165, 1.54) is 0 Å². The summed E-state index contributed by atoms with van der Waals surface area (Å²) in [6, 6.07) is 5.85. The molecule has 1 saturated heterocycles. The summed E-state index contributed by atoms with van der Waals surface area (Å²) in [5.41, 5.74) is 5.72. The SMILES string of the molecule is CCn1cc2c(n1)-c1cc(Cl)ccc1-n1cnc(-c3nc(C4CCOC4)no3)c1C2. The molecule has 0 radical (unpaired) electrons. The number of rotatable bonds is 3. The van der Waals surface area contributed by atoms with Crippen molar-refractivity contribution in [1.29, 1.82) is 0 Å². The van der Waals surface area contributed by atoms with Gasteiger partial charge >= 0.3 is 0 Å². The molecule has 0 amide bonds. The monoisotopic (exact) mass is 422 g/mol. The van der Waals surface area contributed by atoms with Crippen LogP contribution in [0.4, 0.5) is 0 Å². The van der Waals surface area contributed by atoms with E-state index in [-0.39, 0.29) is 5.92 Å². The molecule has 8 nitrogen and oxygen atoms in total. The first kappa shape index (κ1) is 17.9. The summed E-state index contributed by atoms with van der Waals surface area (Å²) < 4.78 is 15.1. The van der Waals surface area contributed by atoms with Crippen molar-refractivity contribution in [2.24, 2.45) is 0 Å². The largest absolute Gasteiger partial charge is 0.381 e. The van der Waals surface area contributed by atoms with Crippen LogP contribution in [0, 0.1) is 0 Å². The third-order valence-corrected chi connectivity index (χ3v) is 6.03. The summed E-state index contributed by atoms with van der Waals surface area (Å²) in [4.78, 5) is 9.29. The van der Waals surface area contributed by atoms with Crippen LogP contribution in [0.2, 0.25) is 5.02 Å². The molecule has 0 bridgehead atoms. The predicted molar refractivity (Wildman–Crippen MR) is 110 cm³/mol. The van der Waals surface area contributed by atoms with E-state index >= 15 is 0 Å². The van der Waals surface area contributed by atoms with Crippen molar-refractivity contribution in [2.75, 3.05) is 13.2 Å². The molecule has 3 aromatic heterocycles. The number of benzene rings is 1. The number of hydrogen-bond acceptors (Lipinski definition) is 6. The quantitative estimate of drug-likeness (QED) is 0.439. The van der Waals surface area contributed by atoms with Crippen molar-refractivity contribution in [1.82, 2.24) is 29.5 Å². The summed E-state index contributed by atoms with van der Waals surface area (Å²) in [6.45, 7) is 4.24. The van der Waals surface area contributed by atoms with Gasteiger partial charge in [0.1, 0.15) is 6.33 Å². The van der Waals surface area contributed by atoms with Crippen LogP contribution in [-0.2, 0) is 17.7 Å². The van der Waals surface area contributed by atoms with E-state index < -0.39 is 0 Å². The molecule has 2 aliphatic rings. The fraction of sp³-hybridized carbons (Fsp3) is 0.333. The van der Waals surface area contributed by atoms with Gasteiger partial charge in [0.2, 0.25) is 0 Å². The number of aryl methyl sites for hydroxylation is 1. The third-order valence-electron chi connectivity index (χ3n) is 5.80. The Hall–Kier alpha value is -2.97. The van der Waals surface area contributed by atoms with Crippen LogP contribution in [0.3, 0.4) is 0 Å². The first-order chi connectivity index (χ1) is 14.7. The summed E-state index contributed by atoms with van der Waals surface area (Å²) in [5, 5.41) is 9.66. The zero-order chi connectivity index (χ0) is 20.2. The molecule has 30 heavy (non-hydrogen) atoms. The van der Waals surface area contributed by atoms with Gasteiger partial charge in [0.05, 0.1) is 23.7 Å². The highest BCUT2D eigenvalue weighted by molar-refractivity contribution is 6.31. The van der Waals surface area contributed by atoms with Crippen molar-refractivity contribution >= 4 is 11.6 Å². The number of hydrogen-bond donors (Lipinski definition) is 0. The number of ether oxygens (including phenoxy) is 1. The van der Waals surface area contributed by atoms with Gasteiger partial charge < -0.3 is 13.8 Å². The maximum Gasteiger partial charge on any atom is 0.278 e. The molecule has 0 aliphatic carbocycles. The maximum atomic E-state index is 6.33. The summed E-state index contributed by atoms with van der Waals surface area (Å²) >= 11 is 6.33. The van der Waals surface area contributed by atoms with E-state index in [4.69, 9.17) is 26.0 Å². The Labute approximate surface area is 177 Å². The molecule has 0 N–H and O–H groups in total. The normalized spacial score (nSPS) is 17.5. The standard InChI is InChI=1S/C21H19ClN6O2/c1-2-27-9-13-7-17-19(21-24-20(26-30-21)12-5-6-29-10-12)23-11-28(17)16-4-3-14(22)8-15(16)18(13)25-27/h3-4,8-9,11-12H,2,5-7,10H2,1H3. The molecule has 9 heteroatoms. The fourth-order valence-electron chi connectivity index (χ4n) is 4.23. The van der Waals surface area contributed by atoms with Gasteiger partial charge in [-0.3, -0.25) is 4.68 Å². The van der Waals surface area contributed by atoms with E-state index in [0.29, 0.717) is 35.5 Å². The van der Waals surface area contributed by atoms with Gasteiger partial charge in [0.25, 0.3) is 5.89 Å². The minimum absolute atomic E-state index is 0.181. The lowest BCUT2D eigenvalue weighted by Gasteiger charge is -2.09. The topological polar surface area (TPSA) is 83.8 Å². The second-order valence-electron chi connectivity index (χ2n) is 7.63. The number of imidazole rings is 1. The highest BCUT2D eigenvalue weighted by Crippen LogP contribution is 2.38. The fourth-order valence-corrected chi connectivity index (χ4v) is 4.41. The van der Waals surface area contributed by atoms with Gasteiger partial charge in [-0.2, -0.15) is 10.1 Å². The Morgan fingerprint density at radius 1 is 1.27 bits per heavy atom. The van der Waals surface area contributed by atoms with Crippen molar-refractivity contribution in [3.8, 4) is 28.5 Å². The molecular formula is C21H19ClN6O2. The minimum atomic E-state index is 0.181. The molecule has 2 aliphatic heterocycles. The van der Waals surface area contributed by atoms with Crippen molar-refractivity contribution in [3.05, 3.63) is 52.8 Å². The predicted octanol–water partition coefficient (Wildman–Crippen LogP) is 3.87. The molecule has 0 spiro atoms. The molecule has 1 atom stereocenters. The highest BCUT2D eigenvalue weighted by Gasteiger charge is 2.29. The number of aromatic nitrogens is 6. The Bertz CT molecular complexity index is 1250. The molecule has 6 rings (SSSR count). The second kappa shape index (κ2) is 6.78. The van der Waals surface area contributed by atoms with Crippen LogP contribution in [0.1, 0.15) is 36.3 Å². The van der Waals surface area contributed by atoms with E-state index in [0.717, 1.165) is 47.8 Å². The lowest BCUT2D eigenvalue weighted by atomic mass is 10.0. The van der Waals surface area contributed by atoms with Crippen LogP contribution in [0.5, 0.6) is 0 Å². The molecule has 152 valence electrons. The van der Waals surface area contributed by atoms with Gasteiger partial charge in [-0.1, -0.05) is 16.8 Å². The molecule has 0 saturated carbocycles. The van der Waals surface area contributed by atoms with Crippen LogP contribution < -0.4 is 0 Å². The van der Waals surface area contributed by atoms with E-state index in [9.17, 15) is 0 Å². The number of nitrogens with zero attached hydrogens (tertiary/aromatic N) is 6. The van der Waals surface area contributed by atoms with Crippen LogP contribution in [-0.4, -0.2) is 42.7 Å². The molecule has 5 heterocycles. The van der Waals surface area contributed by atoms with Crippen molar-refractivity contribution < 1.29 is 9.26 Å². The average Bonchev–Trinajstić information content (AvgIpc) is 3.53. The smallest absolute Gasteiger partial charge is 0.278 e. The number of fused-ring (bicyclic) bond motifs is 5. The van der Waals surface area contributed by atoms with Crippen molar-refractivity contribution in [3.63, 3.8) is 0 Å². The zero-order valence-corrected chi connectivity index (χ0v) is 17.1. The number of halogens is 1. The average molecular weight is 423 g/mol. The molecule has 1 aromatic carbocycles. The first-order valence-corrected chi connectivity index (χ1v) is 10.4. The zero-order valence-electron chi connectivity index (χ0n) is 16.4. The van der Waals surface area contributed by atoms with Gasteiger partial charge in [-0.05, 0) is 31.5 Å². The Balaban J connectivity index is 1.51. The Kier molecular flexibility index (Phi) is 4.04.